The van der Waals surface area contributed by atoms with Crippen molar-refractivity contribution < 1.29 is 0 Å². The van der Waals surface area contributed by atoms with Crippen molar-refractivity contribution in [2.45, 2.75) is 20.0 Å². The average Bonchev–Trinajstić information content (AvgIpc) is 2.81. The normalized spacial score (nSPS) is 11.1. The van der Waals surface area contributed by atoms with E-state index in [0.717, 1.165) is 21.7 Å². The maximum absolute atomic E-state index is 4.37. The molecular formula is C10H15BrN6. The highest BCUT2D eigenvalue weighted by Crippen LogP contribution is 2.20. The molecule has 0 saturated carbocycles. The van der Waals surface area contributed by atoms with Crippen LogP contribution in [0.5, 0.6) is 0 Å². The van der Waals surface area contributed by atoms with Gasteiger partial charge in [-0.1, -0.05) is 0 Å². The molecule has 2 aromatic rings. The maximum atomic E-state index is 4.37. The van der Waals surface area contributed by atoms with E-state index in [1.54, 1.807) is 6.33 Å². The third-order valence-electron chi connectivity index (χ3n) is 2.49. The van der Waals surface area contributed by atoms with E-state index in [4.69, 9.17) is 0 Å². The molecule has 0 fully saturated rings. The van der Waals surface area contributed by atoms with Crippen LogP contribution >= 0.6 is 15.9 Å². The number of aryl methyl sites for hydroxylation is 2. The summed E-state index contributed by atoms with van der Waals surface area (Å²) in [5.41, 5.74) is 2.07. The Balaban J connectivity index is 2.19. The Hall–Kier alpha value is -1.21. The SMILES string of the molecule is CNCc1ncn(Cc2c(Br)c(C)nn2C)n1. The molecule has 2 rings (SSSR count). The molecule has 0 saturated heterocycles. The highest BCUT2D eigenvalue weighted by atomic mass is 79.9. The van der Waals surface area contributed by atoms with Crippen molar-refractivity contribution in [2.24, 2.45) is 7.05 Å². The van der Waals surface area contributed by atoms with Crippen molar-refractivity contribution >= 4 is 15.9 Å². The Bertz CT molecular complexity index is 515. The minimum Gasteiger partial charge on any atom is -0.313 e. The lowest BCUT2D eigenvalue weighted by molar-refractivity contribution is 0.606. The standard InChI is InChI=1S/C10H15BrN6/c1-7-10(11)8(16(3)14-7)5-17-6-13-9(15-17)4-12-2/h6,12H,4-5H2,1-3H3. The number of hydrogen-bond acceptors (Lipinski definition) is 4. The molecule has 0 bridgehead atoms. The molecule has 2 heterocycles. The molecule has 0 radical (unpaired) electrons. The Morgan fingerprint density at radius 2 is 2.18 bits per heavy atom. The van der Waals surface area contributed by atoms with Gasteiger partial charge in [-0.25, -0.2) is 9.67 Å². The largest absolute Gasteiger partial charge is 0.313 e. The summed E-state index contributed by atoms with van der Waals surface area (Å²) in [4.78, 5) is 4.21. The predicted octanol–water partition coefficient (Wildman–Crippen LogP) is 0.850. The van der Waals surface area contributed by atoms with Crippen LogP contribution in [0.15, 0.2) is 10.8 Å². The summed E-state index contributed by atoms with van der Waals surface area (Å²) in [5.74, 6) is 0.794. The first-order valence-corrected chi connectivity index (χ1v) is 6.12. The zero-order valence-corrected chi connectivity index (χ0v) is 11.7. The lowest BCUT2D eigenvalue weighted by Crippen LogP contribution is -2.09. The summed E-state index contributed by atoms with van der Waals surface area (Å²) in [5, 5.41) is 11.7. The molecule has 0 atom stereocenters. The summed E-state index contributed by atoms with van der Waals surface area (Å²) < 4.78 is 4.71. The summed E-state index contributed by atoms with van der Waals surface area (Å²) in [7, 11) is 3.81. The second-order valence-electron chi connectivity index (χ2n) is 3.86. The van der Waals surface area contributed by atoms with Gasteiger partial charge in [-0.05, 0) is 29.9 Å². The summed E-state index contributed by atoms with van der Waals surface area (Å²) >= 11 is 3.54. The van der Waals surface area contributed by atoms with Crippen molar-refractivity contribution in [1.82, 2.24) is 29.9 Å². The molecule has 92 valence electrons. The molecule has 0 spiro atoms. The van der Waals surface area contributed by atoms with Crippen LogP contribution in [0.4, 0.5) is 0 Å². The van der Waals surface area contributed by atoms with Crippen LogP contribution < -0.4 is 5.32 Å². The topological polar surface area (TPSA) is 60.6 Å². The zero-order valence-electron chi connectivity index (χ0n) is 10.1. The van der Waals surface area contributed by atoms with E-state index in [-0.39, 0.29) is 0 Å². The van der Waals surface area contributed by atoms with Crippen molar-refractivity contribution in [3.05, 3.63) is 28.0 Å². The van der Waals surface area contributed by atoms with Crippen LogP contribution in [0.3, 0.4) is 0 Å². The Morgan fingerprint density at radius 3 is 2.76 bits per heavy atom. The third kappa shape index (κ3) is 2.55. The molecule has 7 heteroatoms. The lowest BCUT2D eigenvalue weighted by Gasteiger charge is -2.02. The Morgan fingerprint density at radius 1 is 1.41 bits per heavy atom. The van der Waals surface area contributed by atoms with Gasteiger partial charge in [0.15, 0.2) is 5.82 Å². The van der Waals surface area contributed by atoms with Gasteiger partial charge in [0.25, 0.3) is 0 Å². The quantitative estimate of drug-likeness (QED) is 0.909. The predicted molar refractivity (Wildman–Crippen MR) is 67.5 cm³/mol. The van der Waals surface area contributed by atoms with E-state index in [2.05, 4.69) is 36.4 Å². The van der Waals surface area contributed by atoms with Gasteiger partial charge >= 0.3 is 0 Å². The Labute approximate surface area is 108 Å². The van der Waals surface area contributed by atoms with E-state index in [9.17, 15) is 0 Å². The van der Waals surface area contributed by atoms with Gasteiger partial charge in [-0.3, -0.25) is 4.68 Å². The fraction of sp³-hybridized carbons (Fsp3) is 0.500. The molecule has 1 N–H and O–H groups in total. The van der Waals surface area contributed by atoms with E-state index >= 15 is 0 Å². The maximum Gasteiger partial charge on any atom is 0.164 e. The average molecular weight is 299 g/mol. The van der Waals surface area contributed by atoms with Crippen LogP contribution in [-0.4, -0.2) is 31.6 Å². The number of rotatable bonds is 4. The van der Waals surface area contributed by atoms with Crippen molar-refractivity contribution in [2.75, 3.05) is 7.05 Å². The number of nitrogens with one attached hydrogen (secondary N) is 1. The monoisotopic (exact) mass is 298 g/mol. The molecule has 0 unspecified atom stereocenters. The van der Waals surface area contributed by atoms with Crippen LogP contribution in [0.2, 0.25) is 0 Å². The van der Waals surface area contributed by atoms with E-state index < -0.39 is 0 Å². The number of aromatic nitrogens is 5. The van der Waals surface area contributed by atoms with Crippen LogP contribution in [0, 0.1) is 6.92 Å². The zero-order chi connectivity index (χ0) is 12.4. The summed E-state index contributed by atoms with van der Waals surface area (Å²) in [6.45, 7) is 3.31. The molecule has 17 heavy (non-hydrogen) atoms. The van der Waals surface area contributed by atoms with E-state index in [1.807, 2.05) is 30.4 Å². The van der Waals surface area contributed by atoms with Crippen LogP contribution in [0.1, 0.15) is 17.2 Å². The highest BCUT2D eigenvalue weighted by Gasteiger charge is 2.11. The molecular weight excluding hydrogens is 284 g/mol. The van der Waals surface area contributed by atoms with Crippen molar-refractivity contribution in [1.29, 1.82) is 0 Å². The van der Waals surface area contributed by atoms with Crippen LogP contribution in [0.25, 0.3) is 0 Å². The minimum atomic E-state index is 0.661. The van der Waals surface area contributed by atoms with Gasteiger partial charge < -0.3 is 5.32 Å². The van der Waals surface area contributed by atoms with Gasteiger partial charge in [0.1, 0.15) is 6.33 Å². The molecule has 0 aliphatic carbocycles. The molecule has 0 amide bonds. The lowest BCUT2D eigenvalue weighted by atomic mass is 10.4. The molecule has 2 aromatic heterocycles. The first kappa shape index (κ1) is 12.3. The number of halogens is 1. The molecule has 0 aliphatic rings. The first-order valence-electron chi connectivity index (χ1n) is 5.32. The number of nitrogens with zero attached hydrogens (tertiary/aromatic N) is 5. The van der Waals surface area contributed by atoms with Gasteiger partial charge in [0.05, 0.1) is 29.0 Å². The molecule has 6 nitrogen and oxygen atoms in total. The van der Waals surface area contributed by atoms with E-state index in [1.165, 1.54) is 0 Å². The van der Waals surface area contributed by atoms with Gasteiger partial charge in [-0.2, -0.15) is 10.2 Å². The second-order valence-corrected chi connectivity index (χ2v) is 4.65. The smallest absolute Gasteiger partial charge is 0.164 e. The van der Waals surface area contributed by atoms with Gasteiger partial charge in [0.2, 0.25) is 0 Å². The molecule has 0 aliphatic heterocycles. The summed E-state index contributed by atoms with van der Waals surface area (Å²) in [6, 6.07) is 0. The van der Waals surface area contributed by atoms with Crippen LogP contribution in [-0.2, 0) is 20.1 Å². The fourth-order valence-electron chi connectivity index (χ4n) is 1.65. The first-order chi connectivity index (χ1) is 8.11. The Kier molecular flexibility index (Phi) is 3.58. The second kappa shape index (κ2) is 4.97. The number of hydrogen-bond donors (Lipinski definition) is 1. The molecule has 0 aromatic carbocycles. The third-order valence-corrected chi connectivity index (χ3v) is 3.52. The van der Waals surface area contributed by atoms with E-state index in [0.29, 0.717) is 13.1 Å². The van der Waals surface area contributed by atoms with Gasteiger partial charge in [-0.15, -0.1) is 0 Å². The van der Waals surface area contributed by atoms with Crippen molar-refractivity contribution in [3.8, 4) is 0 Å². The summed E-state index contributed by atoms with van der Waals surface area (Å²) in [6.07, 6.45) is 1.74. The minimum absolute atomic E-state index is 0.661. The highest BCUT2D eigenvalue weighted by molar-refractivity contribution is 9.10. The van der Waals surface area contributed by atoms with Gasteiger partial charge in [0, 0.05) is 7.05 Å². The fourth-order valence-corrected chi connectivity index (χ4v) is 2.12. The van der Waals surface area contributed by atoms with Crippen molar-refractivity contribution in [3.63, 3.8) is 0 Å².